The number of amides is 2. The van der Waals surface area contributed by atoms with Crippen LogP contribution in [0, 0.1) is 0 Å². The summed E-state index contributed by atoms with van der Waals surface area (Å²) in [6.07, 6.45) is 1.62. The Labute approximate surface area is 105 Å². The summed E-state index contributed by atoms with van der Waals surface area (Å²) in [7, 11) is 3.41. The molecule has 0 saturated carbocycles. The summed E-state index contributed by atoms with van der Waals surface area (Å²) in [5.74, 6) is 0. The molecule has 4 N–H and O–H groups in total. The van der Waals surface area contributed by atoms with E-state index in [2.05, 4.69) is 15.7 Å². The summed E-state index contributed by atoms with van der Waals surface area (Å²) >= 11 is 0. The fourth-order valence-corrected chi connectivity index (χ4v) is 1.71. The van der Waals surface area contributed by atoms with Crippen molar-refractivity contribution in [2.45, 2.75) is 0 Å². The number of nitrogens with zero attached hydrogens (tertiary/aromatic N) is 2. The quantitative estimate of drug-likeness (QED) is 0.748. The number of carbonyl (C=O) groups is 1. The summed E-state index contributed by atoms with van der Waals surface area (Å²) in [4.78, 5) is 11.1. The molecule has 0 bridgehead atoms. The van der Waals surface area contributed by atoms with Gasteiger partial charge in [-0.25, -0.2) is 4.79 Å². The normalized spacial score (nSPS) is 10.1. The summed E-state index contributed by atoms with van der Waals surface area (Å²) < 4.78 is 1.72. The molecule has 6 nitrogen and oxygen atoms in total. The molecule has 6 heteroatoms. The van der Waals surface area contributed by atoms with Crippen molar-refractivity contribution in [3.63, 3.8) is 0 Å². The Kier molecular flexibility index (Phi) is 3.18. The van der Waals surface area contributed by atoms with Crippen LogP contribution in [0.1, 0.15) is 0 Å². The maximum absolute atomic E-state index is 11.1. The van der Waals surface area contributed by atoms with E-state index in [1.54, 1.807) is 17.9 Å². The second kappa shape index (κ2) is 4.79. The maximum atomic E-state index is 11.1. The molecule has 18 heavy (non-hydrogen) atoms. The van der Waals surface area contributed by atoms with Crippen molar-refractivity contribution in [3.8, 4) is 11.3 Å². The second-order valence-electron chi connectivity index (χ2n) is 3.85. The third kappa shape index (κ3) is 2.27. The zero-order valence-corrected chi connectivity index (χ0v) is 10.3. The number of benzene rings is 1. The standard InChI is InChI=1S/C12H15N5O/c1-14-12(18)16-9-5-3-8(4-6-9)11-10(13)7-15-17(11)2/h3-7H,13H2,1-2H3,(H2,14,16,18). The smallest absolute Gasteiger partial charge is 0.318 e. The van der Waals surface area contributed by atoms with Gasteiger partial charge in [0.1, 0.15) is 0 Å². The highest BCUT2D eigenvalue weighted by molar-refractivity contribution is 5.89. The van der Waals surface area contributed by atoms with Crippen molar-refractivity contribution in [1.29, 1.82) is 0 Å². The van der Waals surface area contributed by atoms with Gasteiger partial charge in [-0.1, -0.05) is 12.1 Å². The third-order valence-corrected chi connectivity index (χ3v) is 2.61. The minimum Gasteiger partial charge on any atom is -0.396 e. The first-order chi connectivity index (χ1) is 8.61. The molecule has 0 aliphatic rings. The number of carbonyl (C=O) groups excluding carboxylic acids is 1. The average molecular weight is 245 g/mol. The lowest BCUT2D eigenvalue weighted by molar-refractivity contribution is 0.254. The second-order valence-corrected chi connectivity index (χ2v) is 3.85. The predicted octanol–water partition coefficient (Wildman–Crippen LogP) is 1.42. The zero-order chi connectivity index (χ0) is 13.1. The van der Waals surface area contributed by atoms with Crippen LogP contribution in [0.4, 0.5) is 16.2 Å². The molecular weight excluding hydrogens is 230 g/mol. The highest BCUT2D eigenvalue weighted by atomic mass is 16.2. The fourth-order valence-electron chi connectivity index (χ4n) is 1.71. The van der Waals surface area contributed by atoms with Gasteiger partial charge in [-0.2, -0.15) is 5.10 Å². The molecule has 0 saturated heterocycles. The molecule has 1 aromatic heterocycles. The number of aromatic nitrogens is 2. The molecule has 0 atom stereocenters. The van der Waals surface area contributed by atoms with Crippen LogP contribution in [0.25, 0.3) is 11.3 Å². The highest BCUT2D eigenvalue weighted by Crippen LogP contribution is 2.25. The predicted molar refractivity (Wildman–Crippen MR) is 71.1 cm³/mol. The van der Waals surface area contributed by atoms with E-state index in [0.29, 0.717) is 5.69 Å². The van der Waals surface area contributed by atoms with Crippen molar-refractivity contribution >= 4 is 17.4 Å². The van der Waals surface area contributed by atoms with Crippen LogP contribution in [0.3, 0.4) is 0 Å². The molecule has 0 aliphatic carbocycles. The van der Waals surface area contributed by atoms with Crippen molar-refractivity contribution in [3.05, 3.63) is 30.5 Å². The minimum atomic E-state index is -0.247. The Morgan fingerprint density at radius 3 is 2.50 bits per heavy atom. The van der Waals surface area contributed by atoms with Crippen LogP contribution >= 0.6 is 0 Å². The van der Waals surface area contributed by atoms with Gasteiger partial charge in [0.05, 0.1) is 17.6 Å². The molecule has 1 aromatic carbocycles. The first-order valence-corrected chi connectivity index (χ1v) is 5.48. The number of anilines is 2. The van der Waals surface area contributed by atoms with Crippen LogP contribution in [0.5, 0.6) is 0 Å². The minimum absolute atomic E-state index is 0.247. The van der Waals surface area contributed by atoms with Crippen LogP contribution in [0.15, 0.2) is 30.5 Å². The lowest BCUT2D eigenvalue weighted by Crippen LogP contribution is -2.24. The highest BCUT2D eigenvalue weighted by Gasteiger charge is 2.08. The van der Waals surface area contributed by atoms with Crippen molar-refractivity contribution < 1.29 is 4.79 Å². The zero-order valence-electron chi connectivity index (χ0n) is 10.3. The first-order valence-electron chi connectivity index (χ1n) is 5.48. The van der Waals surface area contributed by atoms with E-state index in [1.165, 1.54) is 0 Å². The lowest BCUT2D eigenvalue weighted by atomic mass is 10.1. The third-order valence-electron chi connectivity index (χ3n) is 2.61. The number of nitrogens with two attached hydrogens (primary N) is 1. The van der Waals surface area contributed by atoms with Gasteiger partial charge >= 0.3 is 6.03 Å². The molecule has 0 radical (unpaired) electrons. The molecule has 2 aromatic rings. The summed E-state index contributed by atoms with van der Waals surface area (Å²) in [6, 6.07) is 7.16. The largest absolute Gasteiger partial charge is 0.396 e. The molecule has 0 unspecified atom stereocenters. The lowest BCUT2D eigenvalue weighted by Gasteiger charge is -2.07. The number of aryl methyl sites for hydroxylation is 1. The number of nitrogen functional groups attached to an aromatic ring is 1. The number of nitrogens with one attached hydrogen (secondary N) is 2. The van der Waals surface area contributed by atoms with Crippen LogP contribution in [0.2, 0.25) is 0 Å². The molecule has 0 aliphatic heterocycles. The summed E-state index contributed by atoms with van der Waals surface area (Å²) in [5.41, 5.74) is 9.02. The van der Waals surface area contributed by atoms with Gasteiger partial charge in [0.15, 0.2) is 0 Å². The molecule has 0 fully saturated rings. The van der Waals surface area contributed by atoms with Gasteiger partial charge in [0, 0.05) is 25.3 Å². The van der Waals surface area contributed by atoms with E-state index in [9.17, 15) is 4.79 Å². The van der Waals surface area contributed by atoms with E-state index < -0.39 is 0 Å². The van der Waals surface area contributed by atoms with Crippen molar-refractivity contribution in [2.24, 2.45) is 7.05 Å². The average Bonchev–Trinajstić information content (AvgIpc) is 2.70. The summed E-state index contributed by atoms with van der Waals surface area (Å²) in [5, 5.41) is 9.27. The number of rotatable bonds is 2. The monoisotopic (exact) mass is 245 g/mol. The Balaban J connectivity index is 2.25. The molecule has 0 spiro atoms. The van der Waals surface area contributed by atoms with Gasteiger partial charge in [0.2, 0.25) is 0 Å². The van der Waals surface area contributed by atoms with E-state index in [4.69, 9.17) is 5.73 Å². The van der Waals surface area contributed by atoms with Crippen LogP contribution in [-0.4, -0.2) is 22.9 Å². The fraction of sp³-hybridized carbons (Fsp3) is 0.167. The number of hydrogen-bond acceptors (Lipinski definition) is 3. The summed E-state index contributed by atoms with van der Waals surface area (Å²) in [6.45, 7) is 0. The molecule has 1 heterocycles. The SMILES string of the molecule is CNC(=O)Nc1ccc(-c2c(N)cnn2C)cc1. The Hall–Kier alpha value is -2.50. The molecule has 2 amide bonds. The van der Waals surface area contributed by atoms with Crippen molar-refractivity contribution in [2.75, 3.05) is 18.1 Å². The molecular formula is C12H15N5O. The number of hydrogen-bond donors (Lipinski definition) is 3. The Morgan fingerprint density at radius 1 is 1.33 bits per heavy atom. The first kappa shape index (κ1) is 12.0. The van der Waals surface area contributed by atoms with Crippen LogP contribution < -0.4 is 16.4 Å². The van der Waals surface area contributed by atoms with Crippen LogP contribution in [-0.2, 0) is 7.05 Å². The Morgan fingerprint density at radius 2 is 2.00 bits per heavy atom. The topological polar surface area (TPSA) is 85.0 Å². The molecule has 94 valence electrons. The van der Waals surface area contributed by atoms with Gasteiger partial charge in [-0.3, -0.25) is 4.68 Å². The maximum Gasteiger partial charge on any atom is 0.318 e. The molecule has 2 rings (SSSR count). The van der Waals surface area contributed by atoms with Crippen molar-refractivity contribution in [1.82, 2.24) is 15.1 Å². The number of urea groups is 1. The van der Waals surface area contributed by atoms with E-state index in [-0.39, 0.29) is 6.03 Å². The van der Waals surface area contributed by atoms with Gasteiger partial charge in [0.25, 0.3) is 0 Å². The van der Waals surface area contributed by atoms with Gasteiger partial charge in [-0.15, -0.1) is 0 Å². The Bertz CT molecular complexity index is 539. The van der Waals surface area contributed by atoms with E-state index in [0.717, 1.165) is 16.9 Å². The van der Waals surface area contributed by atoms with Gasteiger partial charge < -0.3 is 16.4 Å². The van der Waals surface area contributed by atoms with E-state index >= 15 is 0 Å². The van der Waals surface area contributed by atoms with E-state index in [1.807, 2.05) is 31.3 Å². The van der Waals surface area contributed by atoms with Gasteiger partial charge in [-0.05, 0) is 12.1 Å².